The van der Waals surface area contributed by atoms with Crippen molar-refractivity contribution in [2.75, 3.05) is 12.0 Å². The number of methoxy groups -OCH3 is 1. The van der Waals surface area contributed by atoms with Crippen LogP contribution in [-0.4, -0.2) is 35.0 Å². The fourth-order valence-electron chi connectivity index (χ4n) is 4.33. The van der Waals surface area contributed by atoms with E-state index in [4.69, 9.17) is 9.15 Å². The normalized spacial score (nSPS) is 13.0. The second kappa shape index (κ2) is 7.53. The lowest BCUT2D eigenvalue weighted by Crippen LogP contribution is -2.29. The molecular weight excluding hydrogens is 448 g/mol. The molecule has 0 atom stereocenters. The molecule has 6 rings (SSSR count). The lowest BCUT2D eigenvalue weighted by atomic mass is 10.1. The molecule has 5 aromatic rings. The highest BCUT2D eigenvalue weighted by Gasteiger charge is 2.39. The van der Waals surface area contributed by atoms with Gasteiger partial charge in [-0.1, -0.05) is 24.3 Å². The molecule has 0 saturated carbocycles. The minimum absolute atomic E-state index is 0.0240. The van der Waals surface area contributed by atoms with E-state index in [2.05, 4.69) is 4.98 Å². The first kappa shape index (κ1) is 20.6. The van der Waals surface area contributed by atoms with Gasteiger partial charge in [-0.15, -0.1) is 0 Å². The van der Waals surface area contributed by atoms with Crippen LogP contribution in [0, 0.1) is 0 Å². The van der Waals surface area contributed by atoms with Crippen molar-refractivity contribution in [1.29, 1.82) is 0 Å². The summed E-state index contributed by atoms with van der Waals surface area (Å²) in [5.41, 5.74) is 2.11. The molecule has 1 aromatic heterocycles. The highest BCUT2D eigenvalue weighted by atomic mass is 16.5. The third kappa shape index (κ3) is 3.15. The molecule has 1 aliphatic rings. The summed E-state index contributed by atoms with van der Waals surface area (Å²) in [7, 11) is 1.43. The van der Waals surface area contributed by atoms with Crippen LogP contribution in [0.15, 0.2) is 77.2 Å². The van der Waals surface area contributed by atoms with E-state index >= 15 is 0 Å². The molecule has 0 bridgehead atoms. The third-order valence-electron chi connectivity index (χ3n) is 6.06. The van der Waals surface area contributed by atoms with Gasteiger partial charge in [-0.3, -0.25) is 9.59 Å². The largest absolute Gasteiger partial charge is 0.495 e. The van der Waals surface area contributed by atoms with Gasteiger partial charge in [0.2, 0.25) is 5.89 Å². The standard InChI is InChI=1S/C27H16N2O6/c1-34-22-9-7-16(24-28-20-11-14-4-2-3-5-15(14)13-23(20)35-24)12-21(22)29-25(30)18-8-6-17(27(32)33)10-19(18)26(29)31/h2-13H,1H3,(H,32,33). The molecule has 1 N–H and O–H groups in total. The Labute approximate surface area is 198 Å². The highest BCUT2D eigenvalue weighted by molar-refractivity contribution is 6.35. The smallest absolute Gasteiger partial charge is 0.335 e. The molecular formula is C27H16N2O6. The summed E-state index contributed by atoms with van der Waals surface area (Å²) in [6.45, 7) is 0. The fraction of sp³-hybridized carbons (Fsp3) is 0.0370. The van der Waals surface area contributed by atoms with E-state index in [-0.39, 0.29) is 22.4 Å². The van der Waals surface area contributed by atoms with Gasteiger partial charge in [0, 0.05) is 5.56 Å². The number of fused-ring (bicyclic) bond motifs is 3. The number of hydrogen-bond donors (Lipinski definition) is 1. The quantitative estimate of drug-likeness (QED) is 0.366. The number of ether oxygens (including phenoxy) is 1. The maximum Gasteiger partial charge on any atom is 0.335 e. The summed E-state index contributed by atoms with van der Waals surface area (Å²) in [6.07, 6.45) is 0. The minimum Gasteiger partial charge on any atom is -0.495 e. The van der Waals surface area contributed by atoms with Crippen LogP contribution in [0.1, 0.15) is 31.1 Å². The molecule has 2 amide bonds. The van der Waals surface area contributed by atoms with Gasteiger partial charge in [-0.2, -0.15) is 0 Å². The number of carbonyl (C=O) groups excluding carboxylic acids is 2. The summed E-state index contributed by atoms with van der Waals surface area (Å²) in [4.78, 5) is 43.3. The van der Waals surface area contributed by atoms with Gasteiger partial charge in [0.25, 0.3) is 11.8 Å². The van der Waals surface area contributed by atoms with Crippen molar-refractivity contribution < 1.29 is 28.6 Å². The van der Waals surface area contributed by atoms with Gasteiger partial charge in [0.05, 0.1) is 29.5 Å². The predicted octanol–water partition coefficient (Wildman–Crippen LogP) is 5.16. The summed E-state index contributed by atoms with van der Waals surface area (Å²) in [6, 6.07) is 20.5. The van der Waals surface area contributed by atoms with Crippen molar-refractivity contribution >= 4 is 45.3 Å². The Morgan fingerprint density at radius 3 is 2.40 bits per heavy atom. The number of carboxylic acid groups (broad SMARTS) is 1. The Balaban J connectivity index is 1.46. The SMILES string of the molecule is COc1ccc(-c2nc3cc4ccccc4cc3o2)cc1N1C(=O)c2ccc(C(=O)O)cc2C1=O. The monoisotopic (exact) mass is 464 g/mol. The van der Waals surface area contributed by atoms with E-state index < -0.39 is 17.8 Å². The predicted molar refractivity (Wildman–Crippen MR) is 128 cm³/mol. The molecule has 0 fully saturated rings. The molecule has 0 saturated heterocycles. The van der Waals surface area contributed by atoms with Crippen LogP contribution in [0.4, 0.5) is 5.69 Å². The van der Waals surface area contributed by atoms with Crippen molar-refractivity contribution in [3.05, 3.63) is 89.5 Å². The second-order valence-corrected chi connectivity index (χ2v) is 8.08. The molecule has 0 unspecified atom stereocenters. The average Bonchev–Trinajstić information content (AvgIpc) is 3.39. The molecule has 0 spiro atoms. The number of anilines is 1. The average molecular weight is 464 g/mol. The Morgan fingerprint density at radius 2 is 1.66 bits per heavy atom. The van der Waals surface area contributed by atoms with Crippen LogP contribution in [0.2, 0.25) is 0 Å². The Hall–Kier alpha value is -4.98. The number of imide groups is 1. The van der Waals surface area contributed by atoms with Gasteiger partial charge < -0.3 is 14.3 Å². The number of carboxylic acids is 1. The van der Waals surface area contributed by atoms with Gasteiger partial charge in [-0.25, -0.2) is 14.7 Å². The Bertz CT molecular complexity index is 1670. The Kier molecular flexibility index (Phi) is 4.43. The lowest BCUT2D eigenvalue weighted by molar-refractivity contribution is 0.0696. The van der Waals surface area contributed by atoms with E-state index in [1.54, 1.807) is 18.2 Å². The summed E-state index contributed by atoms with van der Waals surface area (Å²) in [5, 5.41) is 11.3. The van der Waals surface area contributed by atoms with Gasteiger partial charge in [-0.05, 0) is 59.3 Å². The zero-order chi connectivity index (χ0) is 24.3. The summed E-state index contributed by atoms with van der Waals surface area (Å²) >= 11 is 0. The van der Waals surface area contributed by atoms with E-state index in [9.17, 15) is 19.5 Å². The minimum atomic E-state index is -1.19. The number of aromatic nitrogens is 1. The topological polar surface area (TPSA) is 110 Å². The fourth-order valence-corrected chi connectivity index (χ4v) is 4.33. The molecule has 8 heteroatoms. The van der Waals surface area contributed by atoms with Crippen LogP contribution < -0.4 is 9.64 Å². The third-order valence-corrected chi connectivity index (χ3v) is 6.06. The van der Waals surface area contributed by atoms with Crippen LogP contribution in [0.5, 0.6) is 5.75 Å². The van der Waals surface area contributed by atoms with Crippen LogP contribution in [0.3, 0.4) is 0 Å². The van der Waals surface area contributed by atoms with E-state index in [1.807, 2.05) is 36.4 Å². The molecule has 0 aliphatic carbocycles. The number of amides is 2. The van der Waals surface area contributed by atoms with Crippen molar-refractivity contribution in [2.45, 2.75) is 0 Å². The number of nitrogens with zero attached hydrogens (tertiary/aromatic N) is 2. The molecule has 170 valence electrons. The van der Waals surface area contributed by atoms with Crippen molar-refractivity contribution in [1.82, 2.24) is 4.98 Å². The first-order valence-corrected chi connectivity index (χ1v) is 10.7. The first-order valence-electron chi connectivity index (χ1n) is 10.7. The lowest BCUT2D eigenvalue weighted by Gasteiger charge is -2.18. The molecule has 8 nitrogen and oxygen atoms in total. The van der Waals surface area contributed by atoms with E-state index in [0.717, 1.165) is 15.7 Å². The molecule has 0 radical (unpaired) electrons. The van der Waals surface area contributed by atoms with Gasteiger partial charge in [0.15, 0.2) is 5.58 Å². The van der Waals surface area contributed by atoms with Crippen molar-refractivity contribution in [2.24, 2.45) is 0 Å². The van der Waals surface area contributed by atoms with Crippen molar-refractivity contribution in [3.8, 4) is 17.2 Å². The van der Waals surface area contributed by atoms with Gasteiger partial charge in [0.1, 0.15) is 11.3 Å². The molecule has 2 heterocycles. The van der Waals surface area contributed by atoms with Crippen LogP contribution in [-0.2, 0) is 0 Å². The number of carbonyl (C=O) groups is 3. The van der Waals surface area contributed by atoms with Gasteiger partial charge >= 0.3 is 5.97 Å². The van der Waals surface area contributed by atoms with Crippen LogP contribution >= 0.6 is 0 Å². The number of benzene rings is 4. The highest BCUT2D eigenvalue weighted by Crippen LogP contribution is 2.38. The zero-order valence-corrected chi connectivity index (χ0v) is 18.3. The van der Waals surface area contributed by atoms with Crippen LogP contribution in [0.25, 0.3) is 33.3 Å². The summed E-state index contributed by atoms with van der Waals surface area (Å²) < 4.78 is 11.4. The van der Waals surface area contributed by atoms with E-state index in [0.29, 0.717) is 28.3 Å². The van der Waals surface area contributed by atoms with E-state index in [1.165, 1.54) is 25.3 Å². The molecule has 4 aromatic carbocycles. The van der Waals surface area contributed by atoms with Crippen molar-refractivity contribution in [3.63, 3.8) is 0 Å². The number of oxazole rings is 1. The first-order chi connectivity index (χ1) is 16.9. The maximum absolute atomic E-state index is 13.2. The number of hydrogen-bond acceptors (Lipinski definition) is 6. The number of aromatic carboxylic acids is 1. The molecule has 1 aliphatic heterocycles. The Morgan fingerprint density at radius 1 is 0.914 bits per heavy atom. The number of rotatable bonds is 4. The summed E-state index contributed by atoms with van der Waals surface area (Å²) in [5.74, 6) is -1.77. The maximum atomic E-state index is 13.2. The second-order valence-electron chi connectivity index (χ2n) is 8.08. The zero-order valence-electron chi connectivity index (χ0n) is 18.3. The molecule has 35 heavy (non-hydrogen) atoms.